The summed E-state index contributed by atoms with van der Waals surface area (Å²) in [5.41, 5.74) is 13.3. The van der Waals surface area contributed by atoms with Crippen molar-refractivity contribution >= 4 is 22.0 Å². The molecule has 1 unspecified atom stereocenters. The maximum Gasteiger partial charge on any atom is 0.171 e. The van der Waals surface area contributed by atoms with Crippen molar-refractivity contribution in [3.8, 4) is 10.6 Å². The monoisotopic (exact) mass is 464 g/mol. The van der Waals surface area contributed by atoms with Gasteiger partial charge in [-0.1, -0.05) is 17.4 Å². The third kappa shape index (κ3) is 4.46. The van der Waals surface area contributed by atoms with Gasteiger partial charge in [0.15, 0.2) is 6.23 Å². The van der Waals surface area contributed by atoms with Crippen molar-refractivity contribution in [2.75, 3.05) is 11.1 Å². The zero-order valence-corrected chi connectivity index (χ0v) is 18.6. The predicted octanol–water partition coefficient (Wildman–Crippen LogP) is 3.46. The first-order chi connectivity index (χ1) is 15.2. The molecule has 1 aliphatic heterocycles. The van der Waals surface area contributed by atoms with Crippen LogP contribution in [0.15, 0.2) is 24.4 Å². The molecular weight excluding hydrogens is 438 g/mol. The predicted molar refractivity (Wildman–Crippen MR) is 119 cm³/mol. The van der Waals surface area contributed by atoms with Crippen LogP contribution in [0.3, 0.4) is 0 Å². The van der Waals surface area contributed by atoms with Gasteiger partial charge in [0.2, 0.25) is 0 Å². The molecule has 0 spiro atoms. The van der Waals surface area contributed by atoms with Gasteiger partial charge in [-0.15, -0.1) is 0 Å². The topological polar surface area (TPSA) is 124 Å². The van der Waals surface area contributed by atoms with E-state index in [1.807, 2.05) is 6.92 Å². The summed E-state index contributed by atoms with van der Waals surface area (Å²) >= 11 is 0.903. The number of thiazole rings is 1. The molecule has 4 rings (SSSR count). The number of hydrogen-bond donors (Lipinski definition) is 4. The fourth-order valence-electron chi connectivity index (χ4n) is 4.02. The second-order valence-electron chi connectivity index (χ2n) is 7.99. The quantitative estimate of drug-likeness (QED) is 0.426. The van der Waals surface area contributed by atoms with Gasteiger partial charge in [0.25, 0.3) is 0 Å². The van der Waals surface area contributed by atoms with E-state index in [9.17, 15) is 13.9 Å². The van der Waals surface area contributed by atoms with Crippen LogP contribution in [-0.4, -0.2) is 32.0 Å². The molecule has 8 nitrogen and oxygen atoms in total. The Morgan fingerprint density at radius 2 is 2.03 bits per heavy atom. The number of aliphatic hydroxyl groups is 1. The molecular formula is C21H26F2N6O2S. The number of nitrogens with two attached hydrogens (primary N) is 2. The van der Waals surface area contributed by atoms with Crippen LogP contribution in [0.1, 0.15) is 49.9 Å². The first-order valence-corrected chi connectivity index (χ1v) is 11.1. The molecule has 0 radical (unpaired) electrons. The molecule has 32 heavy (non-hydrogen) atoms. The Hall–Kier alpha value is -2.60. The van der Waals surface area contributed by atoms with E-state index in [4.69, 9.17) is 16.2 Å². The number of nitrogen functional groups attached to an aromatic ring is 1. The van der Waals surface area contributed by atoms with Crippen molar-refractivity contribution in [2.24, 2.45) is 12.8 Å². The van der Waals surface area contributed by atoms with Crippen molar-refractivity contribution in [3.63, 3.8) is 0 Å². The zero-order chi connectivity index (χ0) is 23.0. The number of halogens is 2. The van der Waals surface area contributed by atoms with E-state index >= 15 is 0 Å². The summed E-state index contributed by atoms with van der Waals surface area (Å²) in [6.45, 7) is 1.98. The lowest BCUT2D eigenvalue weighted by atomic mass is 10.0. The second kappa shape index (κ2) is 9.10. The van der Waals surface area contributed by atoms with E-state index in [0.29, 0.717) is 12.1 Å². The summed E-state index contributed by atoms with van der Waals surface area (Å²) < 4.78 is 36.2. The molecule has 3 heterocycles. The average Bonchev–Trinajstić information content (AvgIpc) is 3.22. The van der Waals surface area contributed by atoms with Crippen molar-refractivity contribution in [3.05, 3.63) is 47.4 Å². The SMILES string of the molecule is C[C@@H]1C[C@@H](N)CC[C@H](c2c(NC(O)c3nc(-c4c(F)cccc4F)sc3N)cnn2C)O1. The van der Waals surface area contributed by atoms with Crippen LogP contribution in [0.25, 0.3) is 10.6 Å². The Bertz CT molecular complexity index is 1080. The van der Waals surface area contributed by atoms with E-state index in [1.165, 1.54) is 6.07 Å². The van der Waals surface area contributed by atoms with Gasteiger partial charge >= 0.3 is 0 Å². The van der Waals surface area contributed by atoms with Crippen LogP contribution >= 0.6 is 11.3 Å². The molecule has 1 saturated heterocycles. The molecule has 1 fully saturated rings. The third-order valence-electron chi connectivity index (χ3n) is 5.53. The molecule has 0 bridgehead atoms. The number of nitrogens with zero attached hydrogens (tertiary/aromatic N) is 3. The summed E-state index contributed by atoms with van der Waals surface area (Å²) in [6, 6.07) is 3.63. The van der Waals surface area contributed by atoms with E-state index in [2.05, 4.69) is 15.4 Å². The number of aryl methyl sites for hydroxylation is 1. The Kier molecular flexibility index (Phi) is 6.42. The minimum atomic E-state index is -1.32. The van der Waals surface area contributed by atoms with Crippen molar-refractivity contribution in [2.45, 2.75) is 50.7 Å². The van der Waals surface area contributed by atoms with Gasteiger partial charge in [-0.2, -0.15) is 5.10 Å². The fourth-order valence-corrected chi connectivity index (χ4v) is 4.93. The van der Waals surface area contributed by atoms with Gasteiger partial charge in [-0.05, 0) is 38.3 Å². The fraction of sp³-hybridized carbons (Fsp3) is 0.429. The number of benzene rings is 1. The summed E-state index contributed by atoms with van der Waals surface area (Å²) in [6.07, 6.45) is 2.28. The van der Waals surface area contributed by atoms with Crippen LogP contribution in [0.4, 0.5) is 19.5 Å². The Morgan fingerprint density at radius 1 is 1.31 bits per heavy atom. The highest BCUT2D eigenvalue weighted by Gasteiger charge is 2.29. The first-order valence-electron chi connectivity index (χ1n) is 10.3. The van der Waals surface area contributed by atoms with E-state index < -0.39 is 17.9 Å². The molecule has 1 aliphatic rings. The first kappa shape index (κ1) is 22.6. The number of ether oxygens (including phenoxy) is 1. The Morgan fingerprint density at radius 3 is 2.75 bits per heavy atom. The van der Waals surface area contributed by atoms with Crippen LogP contribution in [0.2, 0.25) is 0 Å². The van der Waals surface area contributed by atoms with Gasteiger partial charge in [-0.25, -0.2) is 13.8 Å². The standard InChI is InChI=1S/C21H26F2N6O2S/c1-10-8-11(24)6-7-15(31-10)18-14(9-26-29(18)2)27-20(30)17-19(25)32-21(28-17)16-12(22)4-3-5-13(16)23/h3-5,9-11,15,20,27,30H,6-8,24-25H2,1-2H3/t10-,11+,15-,20?/m1/s1. The highest BCUT2D eigenvalue weighted by atomic mass is 32.1. The molecule has 0 amide bonds. The zero-order valence-electron chi connectivity index (χ0n) is 17.8. The molecule has 6 N–H and O–H groups in total. The number of aromatic nitrogens is 3. The molecule has 3 aromatic rings. The maximum atomic E-state index is 14.2. The normalized spacial score (nSPS) is 22.5. The van der Waals surface area contributed by atoms with E-state index in [-0.39, 0.29) is 39.5 Å². The van der Waals surface area contributed by atoms with Gasteiger partial charge in [-0.3, -0.25) is 4.68 Å². The summed E-state index contributed by atoms with van der Waals surface area (Å²) in [5, 5.41) is 18.3. The van der Waals surface area contributed by atoms with Crippen molar-refractivity contribution in [1.82, 2.24) is 14.8 Å². The smallest absolute Gasteiger partial charge is 0.171 e. The third-order valence-corrected chi connectivity index (χ3v) is 6.45. The molecule has 1 aromatic carbocycles. The number of anilines is 2. The number of rotatable bonds is 5. The number of aliphatic hydroxyl groups excluding tert-OH is 1. The molecule has 0 saturated carbocycles. The lowest BCUT2D eigenvalue weighted by molar-refractivity contribution is -0.00371. The van der Waals surface area contributed by atoms with E-state index in [0.717, 1.165) is 42.0 Å². The molecule has 172 valence electrons. The van der Waals surface area contributed by atoms with Crippen molar-refractivity contribution < 1.29 is 18.6 Å². The summed E-state index contributed by atoms with van der Waals surface area (Å²) in [5.74, 6) is -1.50. The number of hydrogen-bond acceptors (Lipinski definition) is 8. The van der Waals surface area contributed by atoms with Crippen LogP contribution in [-0.2, 0) is 11.8 Å². The highest BCUT2D eigenvalue weighted by Crippen LogP contribution is 2.38. The summed E-state index contributed by atoms with van der Waals surface area (Å²) in [4.78, 5) is 4.21. The Labute approximate surface area is 188 Å². The minimum absolute atomic E-state index is 0.0161. The molecule has 0 aliphatic carbocycles. The maximum absolute atomic E-state index is 14.2. The number of nitrogens with one attached hydrogen (secondary N) is 1. The highest BCUT2D eigenvalue weighted by molar-refractivity contribution is 7.18. The van der Waals surface area contributed by atoms with Crippen molar-refractivity contribution in [1.29, 1.82) is 0 Å². The van der Waals surface area contributed by atoms with Gasteiger partial charge < -0.3 is 26.6 Å². The lowest BCUT2D eigenvalue weighted by Gasteiger charge is -2.22. The van der Waals surface area contributed by atoms with Gasteiger partial charge in [0.1, 0.15) is 33.4 Å². The average molecular weight is 465 g/mol. The largest absolute Gasteiger partial charge is 0.389 e. The molecule has 2 aromatic heterocycles. The van der Waals surface area contributed by atoms with Crippen LogP contribution in [0, 0.1) is 11.6 Å². The van der Waals surface area contributed by atoms with Crippen LogP contribution < -0.4 is 16.8 Å². The molecule has 4 atom stereocenters. The van der Waals surface area contributed by atoms with Gasteiger partial charge in [0.05, 0.1) is 29.2 Å². The van der Waals surface area contributed by atoms with Crippen LogP contribution in [0.5, 0.6) is 0 Å². The van der Waals surface area contributed by atoms with Gasteiger partial charge in [0, 0.05) is 13.1 Å². The Balaban J connectivity index is 1.59. The minimum Gasteiger partial charge on any atom is -0.389 e. The molecule has 11 heteroatoms. The summed E-state index contributed by atoms with van der Waals surface area (Å²) in [7, 11) is 1.79. The van der Waals surface area contributed by atoms with E-state index in [1.54, 1.807) is 17.9 Å². The lowest BCUT2D eigenvalue weighted by Crippen LogP contribution is -2.23. The second-order valence-corrected chi connectivity index (χ2v) is 9.02.